The van der Waals surface area contributed by atoms with E-state index in [4.69, 9.17) is 0 Å². The van der Waals surface area contributed by atoms with Crippen LogP contribution in [0.15, 0.2) is 72.8 Å². The van der Waals surface area contributed by atoms with Crippen molar-refractivity contribution in [3.8, 4) is 23.0 Å². The third kappa shape index (κ3) is 16.9. The molecule has 4 aromatic carbocycles. The van der Waals surface area contributed by atoms with Crippen LogP contribution < -0.4 is 20.4 Å². The Balaban J connectivity index is 0.000000783. The molecule has 0 saturated heterocycles. The normalized spacial score (nSPS) is 12.7. The molecule has 4 aromatic rings. The zero-order valence-electron chi connectivity index (χ0n) is 43.1. The molecule has 0 atom stereocenters. The van der Waals surface area contributed by atoms with Gasteiger partial charge >= 0.3 is 0 Å². The van der Waals surface area contributed by atoms with Crippen LogP contribution in [-0.2, 0) is 43.3 Å². The van der Waals surface area contributed by atoms with Crippen molar-refractivity contribution in [1.82, 2.24) is 0 Å². The molecule has 0 N–H and O–H groups in total. The summed E-state index contributed by atoms with van der Waals surface area (Å²) in [5, 5.41) is 49.0. The van der Waals surface area contributed by atoms with E-state index in [1.54, 1.807) is 0 Å². The molecule has 5 heteroatoms. The van der Waals surface area contributed by atoms with Crippen molar-refractivity contribution >= 4 is 27.3 Å². The largest absolute Gasteiger partial charge is 0.872 e. The van der Waals surface area contributed by atoms with Crippen molar-refractivity contribution < 1.29 is 20.4 Å². The third-order valence-electron chi connectivity index (χ3n) is 10.5. The molecule has 61 heavy (non-hydrogen) atoms. The van der Waals surface area contributed by atoms with Crippen molar-refractivity contribution in [3.63, 3.8) is 0 Å². The molecule has 0 spiro atoms. The van der Waals surface area contributed by atoms with E-state index in [-0.39, 0.29) is 93.6 Å². The molecule has 4 nitrogen and oxygen atoms in total. The van der Waals surface area contributed by atoms with E-state index in [1.165, 1.54) is 0 Å². The van der Waals surface area contributed by atoms with Crippen LogP contribution in [0.1, 0.15) is 211 Å². The Bertz CT molecular complexity index is 1570. The van der Waals surface area contributed by atoms with Gasteiger partial charge in [0, 0.05) is 27.3 Å². The van der Waals surface area contributed by atoms with E-state index < -0.39 is 0 Å². The Hall–Kier alpha value is -3.00. The van der Waals surface area contributed by atoms with Crippen LogP contribution in [0.3, 0.4) is 0 Å². The molecular weight excluding hydrogens is 944 g/mol. The maximum atomic E-state index is 12.3. The Kier molecular flexibility index (Phi) is 19.7. The van der Waals surface area contributed by atoms with Crippen LogP contribution in [0.5, 0.6) is 23.0 Å². The quantitative estimate of drug-likeness (QED) is 0.164. The first-order valence-electron chi connectivity index (χ1n) is 21.8. The minimum atomic E-state index is -0.0711. The fourth-order valence-corrected chi connectivity index (χ4v) is 6.87. The van der Waals surface area contributed by atoms with Crippen LogP contribution in [0.25, 0.3) is 0 Å². The van der Waals surface area contributed by atoms with Gasteiger partial charge in [0.25, 0.3) is 0 Å². The first-order valence-corrected chi connectivity index (χ1v) is 21.8. The molecule has 0 saturated carbocycles. The van der Waals surface area contributed by atoms with Crippen molar-refractivity contribution in [2.75, 3.05) is 0 Å². The second-order valence-corrected chi connectivity index (χ2v) is 24.7. The second kappa shape index (κ2) is 20.7. The summed E-state index contributed by atoms with van der Waals surface area (Å²) in [5.41, 5.74) is 6.73. The van der Waals surface area contributed by atoms with Gasteiger partial charge in [-0.2, -0.15) is 0 Å². The summed E-state index contributed by atoms with van der Waals surface area (Å²) >= 11 is 0. The maximum Gasteiger partial charge on any atom is 0 e. The zero-order chi connectivity index (χ0) is 47.4. The van der Waals surface area contributed by atoms with Gasteiger partial charge < -0.3 is 20.4 Å². The van der Waals surface area contributed by atoms with E-state index >= 15 is 0 Å². The maximum absolute atomic E-state index is 12.3. The van der Waals surface area contributed by atoms with Crippen LogP contribution >= 0.6 is 0 Å². The van der Waals surface area contributed by atoms with E-state index in [9.17, 15) is 20.4 Å². The van der Waals surface area contributed by atoms with Gasteiger partial charge in [-0.1, -0.05) is 283 Å². The molecule has 0 aromatic heterocycles. The van der Waals surface area contributed by atoms with E-state index in [2.05, 4.69) is 166 Å². The average Bonchev–Trinajstić information content (AvgIpc) is 3.01. The number of para-hydroxylation sites is 4. The van der Waals surface area contributed by atoms with E-state index in [0.29, 0.717) is 0 Å². The van der Waals surface area contributed by atoms with Crippen LogP contribution in [0.2, 0.25) is 0 Å². The molecule has 0 heterocycles. The Morgan fingerprint density at radius 2 is 0.295 bits per heavy atom. The monoisotopic (exact) mass is 1030 g/mol. The summed E-state index contributed by atoms with van der Waals surface area (Å²) in [7, 11) is 0. The predicted octanol–water partition coefficient (Wildman–Crippen LogP) is 13.0. The molecule has 0 aliphatic rings. The van der Waals surface area contributed by atoms with Crippen molar-refractivity contribution in [2.24, 2.45) is 0 Å². The first-order chi connectivity index (χ1) is 26.6. The van der Waals surface area contributed by atoms with Crippen LogP contribution in [0.4, 0.5) is 0 Å². The van der Waals surface area contributed by atoms with Gasteiger partial charge in [-0.25, -0.2) is 0 Å². The smallest absolute Gasteiger partial charge is 0 e. The fraction of sp³-hybridized carbons (Fsp3) is 0.571. The van der Waals surface area contributed by atoms with Gasteiger partial charge in [-0.05, 0) is 43.3 Å². The summed E-state index contributed by atoms with van der Waals surface area (Å²) < 4.78 is 0. The standard InChI is InChI=1S/4C14H22O.Pb/c4*1-13(2,3)10-8-7-9-11(12(10)15)14(4,5)6;/h4*7-9,15H,1-6H3;/p-4. The summed E-state index contributed by atoms with van der Waals surface area (Å²) in [5.74, 6) is 0.824. The number of benzene rings is 4. The van der Waals surface area contributed by atoms with Gasteiger partial charge in [-0.15, -0.1) is 23.0 Å². The average molecular weight is 1030 g/mol. The van der Waals surface area contributed by atoms with Gasteiger partial charge in [0.1, 0.15) is 0 Å². The molecule has 0 aliphatic carbocycles. The van der Waals surface area contributed by atoms with Gasteiger partial charge in [0.05, 0.1) is 0 Å². The van der Waals surface area contributed by atoms with Crippen molar-refractivity contribution in [2.45, 2.75) is 209 Å². The third-order valence-corrected chi connectivity index (χ3v) is 10.5. The summed E-state index contributed by atoms with van der Waals surface area (Å²) in [6.45, 7) is 49.9. The van der Waals surface area contributed by atoms with E-state index in [0.717, 1.165) is 44.5 Å². The second-order valence-electron chi connectivity index (χ2n) is 24.7. The molecule has 0 aliphatic heterocycles. The van der Waals surface area contributed by atoms with Gasteiger partial charge in [0.15, 0.2) is 0 Å². The Morgan fingerprint density at radius 1 is 0.213 bits per heavy atom. The molecule has 0 unspecified atom stereocenters. The fourth-order valence-electron chi connectivity index (χ4n) is 6.87. The topological polar surface area (TPSA) is 92.2 Å². The molecule has 4 rings (SSSR count). The van der Waals surface area contributed by atoms with Crippen LogP contribution in [-0.4, -0.2) is 27.3 Å². The summed E-state index contributed by atoms with van der Waals surface area (Å²) in [4.78, 5) is 0. The summed E-state index contributed by atoms with van der Waals surface area (Å²) in [6, 6.07) is 23.5. The van der Waals surface area contributed by atoms with Crippen molar-refractivity contribution in [1.29, 1.82) is 0 Å². The molecule has 0 amide bonds. The number of rotatable bonds is 0. The zero-order valence-corrected chi connectivity index (χ0v) is 46.9. The molecule has 4 radical (unpaired) electrons. The van der Waals surface area contributed by atoms with Crippen LogP contribution in [0, 0.1) is 0 Å². The molecule has 0 bridgehead atoms. The Morgan fingerprint density at radius 3 is 0.361 bits per heavy atom. The van der Waals surface area contributed by atoms with Gasteiger partial charge in [0.2, 0.25) is 0 Å². The first kappa shape index (κ1) is 58.0. The SMILES string of the molecule is CC(C)(C)c1cccc(C(C)(C)C)c1[O-].CC(C)(C)c1cccc(C(C)(C)C)c1[O-].CC(C)(C)c1cccc(C(C)(C)C)c1[O-].CC(C)(C)c1cccc(C(C)(C)C)c1[O-].[Pb]. The molecular formula is C56H84O4Pb-4. The van der Waals surface area contributed by atoms with Gasteiger partial charge in [-0.3, -0.25) is 0 Å². The minimum absolute atomic E-state index is 0. The van der Waals surface area contributed by atoms with E-state index in [1.807, 2.05) is 72.8 Å². The number of hydrogen-bond donors (Lipinski definition) is 0. The minimum Gasteiger partial charge on any atom is -0.872 e. The van der Waals surface area contributed by atoms with Crippen molar-refractivity contribution in [3.05, 3.63) is 117 Å². The Labute approximate surface area is 395 Å². The molecule has 0 fully saturated rings. The predicted molar refractivity (Wildman–Crippen MR) is 259 cm³/mol. The molecule has 340 valence electrons. The summed E-state index contributed by atoms with van der Waals surface area (Å²) in [6.07, 6.45) is 0. The number of hydrogen-bond acceptors (Lipinski definition) is 4.